The molecule has 0 fully saturated rings. The van der Waals surface area contributed by atoms with Gasteiger partial charge in [-0.25, -0.2) is 9.37 Å². The summed E-state index contributed by atoms with van der Waals surface area (Å²) >= 11 is 0. The van der Waals surface area contributed by atoms with Crippen LogP contribution in [-0.2, 0) is 11.3 Å². The highest BCUT2D eigenvalue weighted by atomic mass is 19.1. The molecule has 0 aliphatic heterocycles. The maximum absolute atomic E-state index is 13.0. The maximum atomic E-state index is 13.0. The average molecular weight is 277 g/mol. The van der Waals surface area contributed by atoms with Gasteiger partial charge in [-0.1, -0.05) is 6.92 Å². The molecule has 0 aliphatic rings. The van der Waals surface area contributed by atoms with Crippen molar-refractivity contribution in [1.82, 2.24) is 14.9 Å². The molecule has 0 saturated carbocycles. The summed E-state index contributed by atoms with van der Waals surface area (Å²) in [5, 5.41) is 3.07. The standard InChI is InChI=1S/C14H16FN3O2/c1-3-9(2)17-13(19)7-18-8-16-12-6-10(15)4-5-11(12)14(18)20/h4-6,8-9H,3,7H2,1-2H3,(H,17,19). The van der Waals surface area contributed by atoms with Crippen molar-refractivity contribution in [3.8, 4) is 0 Å². The number of benzene rings is 1. The highest BCUT2D eigenvalue weighted by Gasteiger charge is 2.10. The molecule has 1 N–H and O–H groups in total. The molecule has 106 valence electrons. The predicted octanol–water partition coefficient (Wildman–Crippen LogP) is 1.45. The summed E-state index contributed by atoms with van der Waals surface area (Å²) < 4.78 is 14.3. The Bertz CT molecular complexity index is 696. The van der Waals surface area contributed by atoms with Crippen molar-refractivity contribution in [2.45, 2.75) is 32.9 Å². The lowest BCUT2D eigenvalue weighted by Crippen LogP contribution is -2.37. The van der Waals surface area contributed by atoms with Crippen LogP contribution >= 0.6 is 0 Å². The fraction of sp³-hybridized carbons (Fsp3) is 0.357. The largest absolute Gasteiger partial charge is 0.352 e. The zero-order valence-corrected chi connectivity index (χ0v) is 11.4. The van der Waals surface area contributed by atoms with Crippen molar-refractivity contribution in [2.24, 2.45) is 0 Å². The lowest BCUT2D eigenvalue weighted by atomic mass is 10.2. The molecule has 1 heterocycles. The number of nitrogens with one attached hydrogen (secondary N) is 1. The van der Waals surface area contributed by atoms with E-state index in [1.807, 2.05) is 13.8 Å². The molecule has 0 radical (unpaired) electrons. The minimum absolute atomic E-state index is 0.0562. The van der Waals surface area contributed by atoms with Crippen LogP contribution in [0.1, 0.15) is 20.3 Å². The van der Waals surface area contributed by atoms with Crippen molar-refractivity contribution in [2.75, 3.05) is 0 Å². The van der Waals surface area contributed by atoms with Crippen molar-refractivity contribution >= 4 is 16.8 Å². The highest BCUT2D eigenvalue weighted by molar-refractivity contribution is 5.79. The van der Waals surface area contributed by atoms with Gasteiger partial charge in [-0.3, -0.25) is 14.2 Å². The average Bonchev–Trinajstić information content (AvgIpc) is 2.41. The van der Waals surface area contributed by atoms with Gasteiger partial charge in [-0.15, -0.1) is 0 Å². The lowest BCUT2D eigenvalue weighted by molar-refractivity contribution is -0.122. The van der Waals surface area contributed by atoms with Gasteiger partial charge in [0, 0.05) is 12.1 Å². The van der Waals surface area contributed by atoms with E-state index in [1.165, 1.54) is 29.1 Å². The molecule has 1 atom stereocenters. The van der Waals surface area contributed by atoms with Gasteiger partial charge in [-0.2, -0.15) is 0 Å². The summed E-state index contributed by atoms with van der Waals surface area (Å²) in [6.07, 6.45) is 2.08. The second-order valence-electron chi connectivity index (χ2n) is 4.72. The van der Waals surface area contributed by atoms with E-state index in [-0.39, 0.29) is 29.6 Å². The SMILES string of the molecule is CCC(C)NC(=O)Cn1cnc2cc(F)ccc2c1=O. The van der Waals surface area contributed by atoms with Gasteiger partial charge in [0.15, 0.2) is 0 Å². The predicted molar refractivity (Wildman–Crippen MR) is 73.9 cm³/mol. The smallest absolute Gasteiger partial charge is 0.261 e. The second-order valence-corrected chi connectivity index (χ2v) is 4.72. The lowest BCUT2D eigenvalue weighted by Gasteiger charge is -2.12. The molecule has 1 amide bonds. The fourth-order valence-electron chi connectivity index (χ4n) is 1.82. The number of hydrogen-bond acceptors (Lipinski definition) is 3. The number of carbonyl (C=O) groups is 1. The van der Waals surface area contributed by atoms with Crippen LogP contribution in [0.3, 0.4) is 0 Å². The van der Waals surface area contributed by atoms with Gasteiger partial charge in [0.25, 0.3) is 5.56 Å². The van der Waals surface area contributed by atoms with E-state index in [0.717, 1.165) is 6.42 Å². The van der Waals surface area contributed by atoms with Crippen LogP contribution in [0.2, 0.25) is 0 Å². The maximum Gasteiger partial charge on any atom is 0.261 e. The fourth-order valence-corrected chi connectivity index (χ4v) is 1.82. The summed E-state index contributed by atoms with van der Waals surface area (Å²) in [5.74, 6) is -0.693. The number of nitrogens with zero attached hydrogens (tertiary/aromatic N) is 2. The highest BCUT2D eigenvalue weighted by Crippen LogP contribution is 2.08. The topological polar surface area (TPSA) is 64.0 Å². The molecular formula is C14H16FN3O2. The molecule has 1 aromatic carbocycles. The van der Waals surface area contributed by atoms with E-state index >= 15 is 0 Å². The van der Waals surface area contributed by atoms with E-state index in [2.05, 4.69) is 10.3 Å². The Balaban J connectivity index is 2.28. The van der Waals surface area contributed by atoms with Gasteiger partial charge < -0.3 is 5.32 Å². The number of amides is 1. The third-order valence-corrected chi connectivity index (χ3v) is 3.12. The first-order chi connectivity index (χ1) is 9.51. The molecule has 0 aliphatic carbocycles. The Morgan fingerprint density at radius 2 is 2.25 bits per heavy atom. The number of rotatable bonds is 4. The third-order valence-electron chi connectivity index (χ3n) is 3.12. The first-order valence-corrected chi connectivity index (χ1v) is 6.45. The Kier molecular flexibility index (Phi) is 4.12. The third kappa shape index (κ3) is 3.01. The number of halogens is 1. The Morgan fingerprint density at radius 3 is 2.95 bits per heavy atom. The molecule has 1 aromatic heterocycles. The Hall–Kier alpha value is -2.24. The van der Waals surface area contributed by atoms with E-state index in [0.29, 0.717) is 5.39 Å². The van der Waals surface area contributed by atoms with Crippen LogP contribution in [0.25, 0.3) is 10.9 Å². The number of carbonyl (C=O) groups excluding carboxylic acids is 1. The molecule has 2 aromatic rings. The molecule has 0 spiro atoms. The van der Waals surface area contributed by atoms with Crippen LogP contribution in [0.4, 0.5) is 4.39 Å². The molecule has 6 heteroatoms. The molecule has 0 bridgehead atoms. The van der Waals surface area contributed by atoms with Crippen LogP contribution in [-0.4, -0.2) is 21.5 Å². The summed E-state index contributed by atoms with van der Waals surface area (Å²) in [5.41, 5.74) is -0.0668. The Morgan fingerprint density at radius 1 is 1.50 bits per heavy atom. The molecule has 1 unspecified atom stereocenters. The van der Waals surface area contributed by atoms with Gasteiger partial charge in [0.2, 0.25) is 5.91 Å². The number of aromatic nitrogens is 2. The van der Waals surface area contributed by atoms with Crippen LogP contribution < -0.4 is 10.9 Å². The zero-order valence-electron chi connectivity index (χ0n) is 11.4. The van der Waals surface area contributed by atoms with Gasteiger partial charge in [-0.05, 0) is 25.5 Å². The molecule has 2 rings (SSSR count). The van der Waals surface area contributed by atoms with Crippen molar-refractivity contribution < 1.29 is 9.18 Å². The summed E-state index contributed by atoms with van der Waals surface area (Å²) in [4.78, 5) is 27.9. The van der Waals surface area contributed by atoms with E-state index in [1.54, 1.807) is 0 Å². The van der Waals surface area contributed by atoms with Crippen LogP contribution in [0.5, 0.6) is 0 Å². The minimum Gasteiger partial charge on any atom is -0.352 e. The first-order valence-electron chi connectivity index (χ1n) is 6.45. The monoisotopic (exact) mass is 277 g/mol. The molecule has 20 heavy (non-hydrogen) atoms. The first kappa shape index (κ1) is 14.2. The van der Waals surface area contributed by atoms with Gasteiger partial charge >= 0.3 is 0 Å². The van der Waals surface area contributed by atoms with Gasteiger partial charge in [0.05, 0.1) is 17.2 Å². The van der Waals surface area contributed by atoms with E-state index in [9.17, 15) is 14.0 Å². The summed E-state index contributed by atoms with van der Waals surface area (Å²) in [7, 11) is 0. The Labute approximate surface area is 115 Å². The number of fused-ring (bicyclic) bond motifs is 1. The number of hydrogen-bond donors (Lipinski definition) is 1. The zero-order chi connectivity index (χ0) is 14.7. The minimum atomic E-state index is -0.448. The molecule has 0 saturated heterocycles. The summed E-state index contributed by atoms with van der Waals surface area (Å²) in [6.45, 7) is 3.76. The van der Waals surface area contributed by atoms with Gasteiger partial charge in [0.1, 0.15) is 12.4 Å². The molecule has 5 nitrogen and oxygen atoms in total. The quantitative estimate of drug-likeness (QED) is 0.920. The second kappa shape index (κ2) is 5.81. The normalized spacial score (nSPS) is 12.3. The van der Waals surface area contributed by atoms with Crippen molar-refractivity contribution in [1.29, 1.82) is 0 Å². The van der Waals surface area contributed by atoms with Crippen LogP contribution in [0.15, 0.2) is 29.3 Å². The van der Waals surface area contributed by atoms with Crippen molar-refractivity contribution in [3.05, 3.63) is 40.7 Å². The van der Waals surface area contributed by atoms with Crippen LogP contribution in [0, 0.1) is 5.82 Å². The van der Waals surface area contributed by atoms with E-state index in [4.69, 9.17) is 0 Å². The summed E-state index contributed by atoms with van der Waals surface area (Å²) in [6, 6.07) is 3.83. The van der Waals surface area contributed by atoms with Crippen molar-refractivity contribution in [3.63, 3.8) is 0 Å². The van der Waals surface area contributed by atoms with E-state index < -0.39 is 5.82 Å². The molecular weight excluding hydrogens is 261 g/mol.